The number of methoxy groups -OCH3 is 1. The molecule has 0 heterocycles. The minimum absolute atomic E-state index is 0.0755. The van der Waals surface area contributed by atoms with Crippen LogP contribution in [0.3, 0.4) is 0 Å². The van der Waals surface area contributed by atoms with E-state index in [1.54, 1.807) is 0 Å². The molecule has 6 nitrogen and oxygen atoms in total. The number of hydrogen-bond donors (Lipinski definition) is 3. The van der Waals surface area contributed by atoms with Crippen LogP contribution in [0.1, 0.15) is 19.3 Å². The van der Waals surface area contributed by atoms with Crippen LogP contribution < -0.4 is 17.2 Å². The number of nitrogens with two attached hydrogens (primary N) is 3. The fourth-order valence-electron chi connectivity index (χ4n) is 0.961. The second kappa shape index (κ2) is 7.14. The van der Waals surface area contributed by atoms with E-state index in [-0.39, 0.29) is 24.4 Å². The topological polar surface area (TPSA) is 117 Å². The molecule has 82 valence electrons. The van der Waals surface area contributed by atoms with E-state index in [0.717, 1.165) is 6.42 Å². The molecule has 0 spiro atoms. The van der Waals surface area contributed by atoms with Gasteiger partial charge in [0.1, 0.15) is 0 Å². The first-order valence-electron chi connectivity index (χ1n) is 4.44. The van der Waals surface area contributed by atoms with Gasteiger partial charge >= 0.3 is 5.97 Å². The molecule has 0 aromatic heterocycles. The number of esters is 1. The van der Waals surface area contributed by atoms with Crippen LogP contribution >= 0.6 is 0 Å². The third kappa shape index (κ3) is 7.35. The molecule has 14 heavy (non-hydrogen) atoms. The summed E-state index contributed by atoms with van der Waals surface area (Å²) in [5.74, 6) is -0.217. The fraction of sp³-hybridized carbons (Fsp3) is 0.750. The van der Waals surface area contributed by atoms with E-state index in [4.69, 9.17) is 17.2 Å². The minimum atomic E-state index is -0.292. The molecule has 0 aliphatic carbocycles. The average Bonchev–Trinajstić information content (AvgIpc) is 2.12. The lowest BCUT2D eigenvalue weighted by Crippen LogP contribution is -2.25. The van der Waals surface area contributed by atoms with Crippen LogP contribution in [0.15, 0.2) is 4.99 Å². The molecule has 6 N–H and O–H groups in total. The summed E-state index contributed by atoms with van der Waals surface area (Å²) in [7, 11) is 1.34. The summed E-state index contributed by atoms with van der Waals surface area (Å²) in [6, 6.07) is -0.184. The maximum Gasteiger partial charge on any atom is 0.307 e. The van der Waals surface area contributed by atoms with Crippen molar-refractivity contribution in [1.29, 1.82) is 0 Å². The summed E-state index contributed by atoms with van der Waals surface area (Å²) in [5, 5.41) is 0. The summed E-state index contributed by atoms with van der Waals surface area (Å²) >= 11 is 0. The summed E-state index contributed by atoms with van der Waals surface area (Å²) in [6.07, 6.45) is 1.69. The number of carbonyl (C=O) groups excluding carboxylic acids is 1. The van der Waals surface area contributed by atoms with E-state index in [9.17, 15) is 4.79 Å². The molecule has 0 bridgehead atoms. The van der Waals surface area contributed by atoms with E-state index < -0.39 is 0 Å². The van der Waals surface area contributed by atoms with E-state index in [2.05, 4.69) is 9.73 Å². The quantitative estimate of drug-likeness (QED) is 0.219. The van der Waals surface area contributed by atoms with Crippen molar-refractivity contribution in [3.05, 3.63) is 0 Å². The average molecular weight is 202 g/mol. The van der Waals surface area contributed by atoms with Gasteiger partial charge in [-0.1, -0.05) is 0 Å². The Morgan fingerprint density at radius 2 is 2.14 bits per heavy atom. The Morgan fingerprint density at radius 3 is 2.64 bits per heavy atom. The first-order valence-corrected chi connectivity index (χ1v) is 4.44. The molecule has 0 rings (SSSR count). The Hall–Kier alpha value is -1.30. The van der Waals surface area contributed by atoms with Crippen molar-refractivity contribution in [1.82, 2.24) is 0 Å². The summed E-state index contributed by atoms with van der Waals surface area (Å²) < 4.78 is 4.48. The number of hydrogen-bond acceptors (Lipinski definition) is 4. The highest BCUT2D eigenvalue weighted by molar-refractivity contribution is 5.75. The number of guanidine groups is 1. The zero-order chi connectivity index (χ0) is 11.0. The Kier molecular flexibility index (Phi) is 6.47. The molecule has 0 saturated heterocycles. The molecule has 0 aromatic rings. The van der Waals surface area contributed by atoms with E-state index in [1.807, 2.05) is 0 Å². The lowest BCUT2D eigenvalue weighted by molar-refractivity contribution is -0.141. The third-order valence-electron chi connectivity index (χ3n) is 1.68. The molecule has 0 unspecified atom stereocenters. The molecular formula is C8H18N4O2. The van der Waals surface area contributed by atoms with Crippen LogP contribution in [0.4, 0.5) is 0 Å². The van der Waals surface area contributed by atoms with Crippen LogP contribution in [0, 0.1) is 0 Å². The van der Waals surface area contributed by atoms with Crippen LogP contribution in [0.2, 0.25) is 0 Å². The van der Waals surface area contributed by atoms with Crippen molar-refractivity contribution in [2.45, 2.75) is 25.3 Å². The number of aliphatic imine (C=N–C) groups is 1. The van der Waals surface area contributed by atoms with Gasteiger partial charge in [0, 0.05) is 12.6 Å². The summed E-state index contributed by atoms with van der Waals surface area (Å²) in [6.45, 7) is 0.539. The van der Waals surface area contributed by atoms with Gasteiger partial charge in [-0.15, -0.1) is 0 Å². The van der Waals surface area contributed by atoms with Crippen LogP contribution in [0.25, 0.3) is 0 Å². The Bertz CT molecular complexity index is 202. The molecule has 0 amide bonds. The molecule has 6 heteroatoms. The molecule has 0 aliphatic heterocycles. The standard InChI is InChI=1S/C8H18N4O2/c1-14-7(13)5-6(9)3-2-4-12-8(10)11/h6H,2-5,9H2,1H3,(H4,10,11,12)/t6-/m0/s1. The molecule has 0 fully saturated rings. The third-order valence-corrected chi connectivity index (χ3v) is 1.68. The predicted molar refractivity (Wildman–Crippen MR) is 54.5 cm³/mol. The van der Waals surface area contributed by atoms with Gasteiger partial charge in [0.05, 0.1) is 13.5 Å². The lowest BCUT2D eigenvalue weighted by atomic mass is 10.1. The van der Waals surface area contributed by atoms with Crippen molar-refractivity contribution < 1.29 is 9.53 Å². The number of nitrogens with zero attached hydrogens (tertiary/aromatic N) is 1. The van der Waals surface area contributed by atoms with Crippen molar-refractivity contribution in [2.75, 3.05) is 13.7 Å². The van der Waals surface area contributed by atoms with Gasteiger partial charge in [-0.05, 0) is 12.8 Å². The van der Waals surface area contributed by atoms with Crippen molar-refractivity contribution >= 4 is 11.9 Å². The van der Waals surface area contributed by atoms with Gasteiger partial charge in [-0.2, -0.15) is 0 Å². The largest absolute Gasteiger partial charge is 0.469 e. The smallest absolute Gasteiger partial charge is 0.307 e. The Labute approximate surface area is 83.5 Å². The van der Waals surface area contributed by atoms with Crippen molar-refractivity contribution in [3.63, 3.8) is 0 Å². The van der Waals surface area contributed by atoms with Crippen LogP contribution in [0.5, 0.6) is 0 Å². The van der Waals surface area contributed by atoms with E-state index >= 15 is 0 Å². The molecule has 0 aromatic carbocycles. The predicted octanol–water partition coefficient (Wildman–Crippen LogP) is -1.07. The number of rotatable bonds is 6. The molecule has 0 aliphatic rings. The summed E-state index contributed by atoms with van der Waals surface area (Å²) in [4.78, 5) is 14.6. The SMILES string of the molecule is COC(=O)C[C@@H](N)CCCN=C(N)N. The number of carbonyl (C=O) groups is 1. The monoisotopic (exact) mass is 202 g/mol. The zero-order valence-electron chi connectivity index (χ0n) is 8.40. The highest BCUT2D eigenvalue weighted by atomic mass is 16.5. The second-order valence-electron chi connectivity index (χ2n) is 2.99. The van der Waals surface area contributed by atoms with Gasteiger partial charge in [-0.3, -0.25) is 9.79 Å². The van der Waals surface area contributed by atoms with Crippen molar-refractivity contribution in [3.8, 4) is 0 Å². The zero-order valence-corrected chi connectivity index (χ0v) is 8.40. The highest BCUT2D eigenvalue weighted by Crippen LogP contribution is 2.00. The van der Waals surface area contributed by atoms with Gasteiger partial charge in [0.2, 0.25) is 0 Å². The normalized spacial score (nSPS) is 11.9. The van der Waals surface area contributed by atoms with E-state index in [1.165, 1.54) is 7.11 Å². The first kappa shape index (κ1) is 12.7. The minimum Gasteiger partial charge on any atom is -0.469 e. The fourth-order valence-corrected chi connectivity index (χ4v) is 0.961. The molecule has 0 radical (unpaired) electrons. The summed E-state index contributed by atoms with van der Waals surface area (Å²) in [5.41, 5.74) is 15.9. The van der Waals surface area contributed by atoms with Crippen LogP contribution in [-0.2, 0) is 9.53 Å². The Balaban J connectivity index is 3.49. The lowest BCUT2D eigenvalue weighted by Gasteiger charge is -2.08. The number of ether oxygens (including phenoxy) is 1. The highest BCUT2D eigenvalue weighted by Gasteiger charge is 2.08. The molecular weight excluding hydrogens is 184 g/mol. The van der Waals surface area contributed by atoms with Crippen LogP contribution in [-0.4, -0.2) is 31.6 Å². The first-order chi connectivity index (χ1) is 6.56. The molecule has 0 saturated carbocycles. The maximum atomic E-state index is 10.8. The van der Waals surface area contributed by atoms with Crippen molar-refractivity contribution in [2.24, 2.45) is 22.2 Å². The molecule has 1 atom stereocenters. The van der Waals surface area contributed by atoms with E-state index in [0.29, 0.717) is 13.0 Å². The Morgan fingerprint density at radius 1 is 1.50 bits per heavy atom. The van der Waals surface area contributed by atoms with Gasteiger partial charge < -0.3 is 21.9 Å². The second-order valence-corrected chi connectivity index (χ2v) is 2.99. The van der Waals surface area contributed by atoms with Gasteiger partial charge in [0.15, 0.2) is 5.96 Å². The maximum absolute atomic E-state index is 10.8. The van der Waals surface area contributed by atoms with Gasteiger partial charge in [-0.25, -0.2) is 0 Å². The van der Waals surface area contributed by atoms with Gasteiger partial charge in [0.25, 0.3) is 0 Å².